The highest BCUT2D eigenvalue weighted by Gasteiger charge is 2.55. The van der Waals surface area contributed by atoms with E-state index in [4.69, 9.17) is 15.2 Å². The number of nitrogens with one attached hydrogen (secondary N) is 1. The van der Waals surface area contributed by atoms with Gasteiger partial charge < -0.3 is 20.5 Å². The first-order valence-electron chi connectivity index (χ1n) is 11.7. The molecule has 0 aromatic heterocycles. The molecule has 3 N–H and O–H groups in total. The SMILES string of the molecule is C=CC[C@H]1CN(S(=O)(=O)N2CC(NC(=O)OC(C)(C)C)C2)C[C@@]1(N)C(=O)O[C@H](C)c1ccccc1. The van der Waals surface area contributed by atoms with Crippen molar-refractivity contribution < 1.29 is 27.5 Å². The number of hydrogen-bond acceptors (Lipinski definition) is 7. The summed E-state index contributed by atoms with van der Waals surface area (Å²) in [5.41, 5.74) is 5.20. The lowest BCUT2D eigenvalue weighted by molar-refractivity contribution is -0.156. The third-order valence-corrected chi connectivity index (χ3v) is 8.08. The van der Waals surface area contributed by atoms with Crippen LogP contribution in [0.3, 0.4) is 0 Å². The molecule has 0 aliphatic carbocycles. The minimum absolute atomic E-state index is 0.0698. The normalized spacial score (nSPS) is 24.9. The van der Waals surface area contributed by atoms with E-state index in [0.29, 0.717) is 6.42 Å². The van der Waals surface area contributed by atoms with Crippen molar-refractivity contribution in [3.05, 3.63) is 48.6 Å². The van der Waals surface area contributed by atoms with E-state index < -0.39 is 45.4 Å². The maximum atomic E-state index is 13.3. The van der Waals surface area contributed by atoms with Crippen LogP contribution < -0.4 is 11.1 Å². The van der Waals surface area contributed by atoms with Crippen molar-refractivity contribution in [3.63, 3.8) is 0 Å². The first kappa shape index (κ1) is 27.1. The van der Waals surface area contributed by atoms with Gasteiger partial charge in [0.15, 0.2) is 0 Å². The Morgan fingerprint density at radius 2 is 1.86 bits per heavy atom. The zero-order chi connectivity index (χ0) is 26.0. The summed E-state index contributed by atoms with van der Waals surface area (Å²) in [6.07, 6.45) is 0.859. The van der Waals surface area contributed by atoms with E-state index in [2.05, 4.69) is 11.9 Å². The predicted octanol–water partition coefficient (Wildman–Crippen LogP) is 1.95. The molecule has 1 aromatic rings. The molecule has 0 unspecified atom stereocenters. The quantitative estimate of drug-likeness (QED) is 0.405. The summed E-state index contributed by atoms with van der Waals surface area (Å²) in [4.78, 5) is 25.1. The average molecular weight is 509 g/mol. The molecule has 0 bridgehead atoms. The predicted molar refractivity (Wildman–Crippen MR) is 131 cm³/mol. The van der Waals surface area contributed by atoms with Crippen molar-refractivity contribution >= 4 is 22.3 Å². The molecule has 1 aromatic carbocycles. The van der Waals surface area contributed by atoms with Crippen LogP contribution in [0.2, 0.25) is 0 Å². The smallest absolute Gasteiger partial charge is 0.407 e. The zero-order valence-corrected chi connectivity index (χ0v) is 21.6. The Morgan fingerprint density at radius 1 is 1.23 bits per heavy atom. The molecule has 2 heterocycles. The molecule has 10 nitrogen and oxygen atoms in total. The number of rotatable bonds is 8. The molecule has 35 heavy (non-hydrogen) atoms. The van der Waals surface area contributed by atoms with Crippen molar-refractivity contribution in [1.82, 2.24) is 13.9 Å². The van der Waals surface area contributed by atoms with Gasteiger partial charge in [-0.25, -0.2) is 9.59 Å². The number of esters is 1. The number of carbonyl (C=O) groups is 2. The molecule has 2 aliphatic rings. The van der Waals surface area contributed by atoms with E-state index in [1.54, 1.807) is 33.8 Å². The number of ether oxygens (including phenoxy) is 2. The number of allylic oxidation sites excluding steroid dienone is 1. The van der Waals surface area contributed by atoms with E-state index in [-0.39, 0.29) is 32.2 Å². The van der Waals surface area contributed by atoms with Gasteiger partial charge in [-0.3, -0.25) is 0 Å². The van der Waals surface area contributed by atoms with Crippen molar-refractivity contribution in [2.45, 2.75) is 57.4 Å². The van der Waals surface area contributed by atoms with Gasteiger partial charge in [0.05, 0.1) is 6.04 Å². The van der Waals surface area contributed by atoms with Crippen LogP contribution in [0.25, 0.3) is 0 Å². The van der Waals surface area contributed by atoms with Gasteiger partial charge in [0.2, 0.25) is 0 Å². The van der Waals surface area contributed by atoms with Gasteiger partial charge in [-0.1, -0.05) is 36.4 Å². The molecule has 2 aliphatic heterocycles. The van der Waals surface area contributed by atoms with E-state index in [1.165, 1.54) is 8.61 Å². The summed E-state index contributed by atoms with van der Waals surface area (Å²) in [7, 11) is -3.89. The molecular formula is C24H36N4O6S. The molecule has 194 valence electrons. The van der Waals surface area contributed by atoms with E-state index in [9.17, 15) is 18.0 Å². The highest BCUT2D eigenvalue weighted by molar-refractivity contribution is 7.86. The fraction of sp³-hybridized carbons (Fsp3) is 0.583. The lowest BCUT2D eigenvalue weighted by Gasteiger charge is -2.40. The van der Waals surface area contributed by atoms with Crippen LogP contribution in [0, 0.1) is 5.92 Å². The Balaban J connectivity index is 1.65. The lowest BCUT2D eigenvalue weighted by atomic mass is 9.85. The molecule has 2 saturated heterocycles. The number of hydrogen-bond donors (Lipinski definition) is 2. The molecule has 3 atom stereocenters. The van der Waals surface area contributed by atoms with Gasteiger partial charge in [0, 0.05) is 32.1 Å². The van der Waals surface area contributed by atoms with Gasteiger partial charge in [-0.15, -0.1) is 6.58 Å². The van der Waals surface area contributed by atoms with Gasteiger partial charge in [0.25, 0.3) is 10.2 Å². The van der Waals surface area contributed by atoms with Crippen LogP contribution in [0.5, 0.6) is 0 Å². The van der Waals surface area contributed by atoms with Gasteiger partial charge in [-0.2, -0.15) is 17.0 Å². The second-order valence-corrected chi connectivity index (χ2v) is 12.1. The minimum Gasteiger partial charge on any atom is -0.456 e. The van der Waals surface area contributed by atoms with Crippen molar-refractivity contribution in [1.29, 1.82) is 0 Å². The fourth-order valence-corrected chi connectivity index (χ4v) is 6.01. The number of carbonyl (C=O) groups excluding carboxylic acids is 2. The summed E-state index contributed by atoms with van der Waals surface area (Å²) in [5, 5.41) is 2.67. The van der Waals surface area contributed by atoms with Gasteiger partial charge in [-0.05, 0) is 39.7 Å². The van der Waals surface area contributed by atoms with E-state index in [0.717, 1.165) is 5.56 Å². The molecule has 11 heteroatoms. The third kappa shape index (κ3) is 6.21. The van der Waals surface area contributed by atoms with Crippen LogP contribution in [0.4, 0.5) is 4.79 Å². The fourth-order valence-electron chi connectivity index (χ4n) is 4.20. The highest BCUT2D eigenvalue weighted by atomic mass is 32.2. The van der Waals surface area contributed by atoms with Gasteiger partial charge >= 0.3 is 12.1 Å². The van der Waals surface area contributed by atoms with Crippen molar-refractivity contribution in [2.75, 3.05) is 26.2 Å². The summed E-state index contributed by atoms with van der Waals surface area (Å²) in [5.74, 6) is -1.13. The number of nitrogens with two attached hydrogens (primary N) is 1. The Morgan fingerprint density at radius 3 is 2.43 bits per heavy atom. The summed E-state index contributed by atoms with van der Waals surface area (Å²) in [6, 6.07) is 8.90. The number of benzene rings is 1. The molecule has 2 fully saturated rings. The van der Waals surface area contributed by atoms with Crippen LogP contribution in [-0.2, 0) is 24.5 Å². The van der Waals surface area contributed by atoms with E-state index in [1.807, 2.05) is 30.3 Å². The molecule has 0 radical (unpaired) electrons. The Bertz CT molecular complexity index is 1040. The standard InChI is InChI=1S/C24H36N4O6S/c1-6-10-19-13-28(16-24(19,25)21(29)33-17(2)18-11-8-7-9-12-18)35(31,32)27-14-20(15-27)26-22(30)34-23(3,4)5/h6-9,11-12,17,19-20H,1,10,13-16,25H2,2-5H3,(H,26,30)/t17-,19+,24+/m1/s1. The summed E-state index contributed by atoms with van der Waals surface area (Å²) in [6.45, 7) is 10.8. The summed E-state index contributed by atoms with van der Waals surface area (Å²) < 4.78 is 39.9. The van der Waals surface area contributed by atoms with Gasteiger partial charge in [0.1, 0.15) is 17.2 Å². The maximum Gasteiger partial charge on any atom is 0.407 e. The molecule has 0 saturated carbocycles. The second-order valence-electron chi connectivity index (χ2n) is 10.2. The highest BCUT2D eigenvalue weighted by Crippen LogP contribution is 2.35. The average Bonchev–Trinajstić information content (AvgIpc) is 3.08. The monoisotopic (exact) mass is 508 g/mol. The third-order valence-electron chi connectivity index (χ3n) is 6.20. The van der Waals surface area contributed by atoms with Crippen LogP contribution in [-0.4, -0.2) is 72.5 Å². The lowest BCUT2D eigenvalue weighted by Crippen LogP contribution is -2.64. The second kappa shape index (κ2) is 10.3. The van der Waals surface area contributed by atoms with Crippen LogP contribution in [0.1, 0.15) is 45.8 Å². The minimum atomic E-state index is -3.89. The molecular weight excluding hydrogens is 472 g/mol. The topological polar surface area (TPSA) is 131 Å². The molecule has 3 rings (SSSR count). The number of nitrogens with zero attached hydrogens (tertiary/aromatic N) is 2. The molecule has 1 amide bonds. The van der Waals surface area contributed by atoms with Crippen molar-refractivity contribution in [3.8, 4) is 0 Å². The Kier molecular flexibility index (Phi) is 7.95. The first-order chi connectivity index (χ1) is 16.3. The molecule has 0 spiro atoms. The Hall–Kier alpha value is -2.47. The Labute approximate surface area is 207 Å². The van der Waals surface area contributed by atoms with E-state index >= 15 is 0 Å². The summed E-state index contributed by atoms with van der Waals surface area (Å²) >= 11 is 0. The zero-order valence-electron chi connectivity index (χ0n) is 20.8. The van der Waals surface area contributed by atoms with Crippen LogP contribution in [0.15, 0.2) is 43.0 Å². The van der Waals surface area contributed by atoms with Crippen LogP contribution >= 0.6 is 0 Å². The first-order valence-corrected chi connectivity index (χ1v) is 13.1. The largest absolute Gasteiger partial charge is 0.456 e. The number of amides is 1. The number of alkyl carbamates (subject to hydrolysis) is 1. The van der Waals surface area contributed by atoms with Crippen molar-refractivity contribution in [2.24, 2.45) is 11.7 Å². The maximum absolute atomic E-state index is 13.3.